The van der Waals surface area contributed by atoms with E-state index >= 15 is 0 Å². The highest BCUT2D eigenvalue weighted by Crippen LogP contribution is 2.40. The van der Waals surface area contributed by atoms with Crippen molar-refractivity contribution in [3.63, 3.8) is 0 Å². The van der Waals surface area contributed by atoms with E-state index in [1.807, 2.05) is 24.3 Å². The molecule has 1 aliphatic carbocycles. The number of ether oxygens (including phenoxy) is 1. The number of carbonyl (C=O) groups is 2. The Kier molecular flexibility index (Phi) is 6.13. The number of fused-ring (bicyclic) bond motifs is 1. The van der Waals surface area contributed by atoms with Crippen LogP contribution in [0.1, 0.15) is 58.5 Å². The molecule has 1 atom stereocenters. The molecule has 2 aromatic carbocycles. The number of anilines is 1. The molecule has 1 saturated heterocycles. The summed E-state index contributed by atoms with van der Waals surface area (Å²) >= 11 is 1.55. The fourth-order valence-electron chi connectivity index (χ4n) is 4.95. The number of rotatable bonds is 5. The molecule has 1 aliphatic heterocycles. The maximum atomic E-state index is 12.7. The number of ketones is 2. The molecule has 2 aliphatic rings. The van der Waals surface area contributed by atoms with E-state index in [-0.39, 0.29) is 23.0 Å². The van der Waals surface area contributed by atoms with Gasteiger partial charge in [0.25, 0.3) is 0 Å². The van der Waals surface area contributed by atoms with Gasteiger partial charge in [0, 0.05) is 18.5 Å². The van der Waals surface area contributed by atoms with Gasteiger partial charge in [0.1, 0.15) is 0 Å². The summed E-state index contributed by atoms with van der Waals surface area (Å²) in [5.74, 6) is 0.301. The van der Waals surface area contributed by atoms with E-state index in [1.165, 1.54) is 5.56 Å². The summed E-state index contributed by atoms with van der Waals surface area (Å²) < 4.78 is 5.85. The van der Waals surface area contributed by atoms with Gasteiger partial charge in [0.2, 0.25) is 0 Å². The molecule has 2 heterocycles. The van der Waals surface area contributed by atoms with Crippen molar-refractivity contribution >= 4 is 28.0 Å². The van der Waals surface area contributed by atoms with Gasteiger partial charge in [0.15, 0.2) is 16.7 Å². The highest BCUT2D eigenvalue weighted by atomic mass is 32.1. The summed E-state index contributed by atoms with van der Waals surface area (Å²) in [5, 5.41) is 0.945. The van der Waals surface area contributed by atoms with E-state index in [0.29, 0.717) is 19.6 Å². The number of carbonyl (C=O) groups excluding carboxylic acids is 2. The Bertz CT molecular complexity index is 1230. The van der Waals surface area contributed by atoms with Crippen molar-refractivity contribution < 1.29 is 14.3 Å². The topological polar surface area (TPSA) is 59.5 Å². The molecule has 0 unspecified atom stereocenters. The van der Waals surface area contributed by atoms with Crippen LogP contribution in [0.4, 0.5) is 5.13 Å². The number of thiazole rings is 1. The lowest BCUT2D eigenvalue weighted by Crippen LogP contribution is -2.46. The number of morpholine rings is 1. The molecule has 1 fully saturated rings. The second-order valence-corrected chi connectivity index (χ2v) is 11.2. The average molecular weight is 475 g/mol. The van der Waals surface area contributed by atoms with Crippen molar-refractivity contribution in [3.05, 3.63) is 70.2 Å². The Labute approximate surface area is 204 Å². The third-order valence-electron chi connectivity index (χ3n) is 6.72. The highest BCUT2D eigenvalue weighted by Gasteiger charge is 2.36. The van der Waals surface area contributed by atoms with Crippen LogP contribution in [-0.2, 0) is 17.6 Å². The molecule has 0 saturated carbocycles. The monoisotopic (exact) mass is 474 g/mol. The first kappa shape index (κ1) is 22.9. The Balaban J connectivity index is 1.37. The fourth-order valence-corrected chi connectivity index (χ4v) is 6.07. The lowest BCUT2D eigenvalue weighted by molar-refractivity contribution is 0.0914. The number of Topliss-reactive ketones (excluding diaryl/α,β-unsaturated/α-hetero) is 2. The first-order chi connectivity index (χ1) is 16.3. The van der Waals surface area contributed by atoms with Gasteiger partial charge in [-0.05, 0) is 41.9 Å². The third-order valence-corrected chi connectivity index (χ3v) is 7.90. The summed E-state index contributed by atoms with van der Waals surface area (Å²) in [6, 6.07) is 16.5. The number of nitrogens with zero attached hydrogens (tertiary/aromatic N) is 2. The summed E-state index contributed by atoms with van der Waals surface area (Å²) in [6.07, 6.45) is 2.28. The van der Waals surface area contributed by atoms with Gasteiger partial charge in [-0.1, -0.05) is 73.7 Å². The minimum absolute atomic E-state index is 0.0249. The number of hydrogen-bond acceptors (Lipinski definition) is 6. The predicted molar refractivity (Wildman–Crippen MR) is 136 cm³/mol. The molecule has 5 rings (SSSR count). The molecule has 0 bridgehead atoms. The Morgan fingerprint density at radius 3 is 2.71 bits per heavy atom. The number of benzene rings is 2. The molecule has 0 radical (unpaired) electrons. The third kappa shape index (κ3) is 4.70. The van der Waals surface area contributed by atoms with E-state index in [9.17, 15) is 9.59 Å². The SMILES string of the molecule is CC(=O)c1ccc(-c2cccc(C[C@H]3COCCN3c3nc4c(s3)C(=O)CC(C)(C)C4)c2)cc1. The van der Waals surface area contributed by atoms with Gasteiger partial charge < -0.3 is 9.64 Å². The van der Waals surface area contributed by atoms with Crippen LogP contribution in [0.3, 0.4) is 0 Å². The number of aromatic nitrogens is 1. The molecule has 34 heavy (non-hydrogen) atoms. The molecule has 0 N–H and O–H groups in total. The molecular weight excluding hydrogens is 444 g/mol. The predicted octanol–water partition coefficient (Wildman–Crippen LogP) is 5.62. The molecule has 176 valence electrons. The van der Waals surface area contributed by atoms with Gasteiger partial charge in [-0.3, -0.25) is 9.59 Å². The summed E-state index contributed by atoms with van der Waals surface area (Å²) in [6.45, 7) is 7.96. The average Bonchev–Trinajstić information content (AvgIpc) is 3.23. The summed E-state index contributed by atoms with van der Waals surface area (Å²) in [4.78, 5) is 32.4. The molecule has 0 amide bonds. The van der Waals surface area contributed by atoms with Crippen molar-refractivity contribution in [1.82, 2.24) is 4.98 Å². The van der Waals surface area contributed by atoms with Gasteiger partial charge in [0.05, 0.1) is 29.8 Å². The fraction of sp³-hybridized carbons (Fsp3) is 0.393. The Morgan fingerprint density at radius 1 is 1.15 bits per heavy atom. The van der Waals surface area contributed by atoms with E-state index < -0.39 is 0 Å². The van der Waals surface area contributed by atoms with E-state index in [4.69, 9.17) is 9.72 Å². The standard InChI is InChI=1S/C28H30N2O3S/c1-18(31)20-7-9-21(10-8-20)22-6-4-5-19(13-22)14-23-17-33-12-11-30(23)27-29-24-15-28(2,3)16-25(32)26(24)34-27/h4-10,13,23H,11-12,14-17H2,1-3H3/t23-/m0/s1. The van der Waals surface area contributed by atoms with Crippen molar-refractivity contribution in [3.8, 4) is 11.1 Å². The second-order valence-electron chi connectivity index (χ2n) is 10.2. The Morgan fingerprint density at radius 2 is 1.94 bits per heavy atom. The maximum absolute atomic E-state index is 12.7. The van der Waals surface area contributed by atoms with Crippen LogP contribution < -0.4 is 4.90 Å². The molecule has 6 heteroatoms. The summed E-state index contributed by atoms with van der Waals surface area (Å²) in [7, 11) is 0. The second kappa shape index (κ2) is 9.08. The zero-order chi connectivity index (χ0) is 23.9. The molecule has 1 aromatic heterocycles. The molecule has 5 nitrogen and oxygen atoms in total. The lowest BCUT2D eigenvalue weighted by atomic mass is 9.78. The van der Waals surface area contributed by atoms with Crippen LogP contribution in [0.5, 0.6) is 0 Å². The number of hydrogen-bond donors (Lipinski definition) is 0. The van der Waals surface area contributed by atoms with Gasteiger partial charge in [-0.25, -0.2) is 4.98 Å². The smallest absolute Gasteiger partial charge is 0.186 e. The first-order valence-corrected chi connectivity index (χ1v) is 12.7. The van der Waals surface area contributed by atoms with Crippen molar-refractivity contribution in [2.45, 2.75) is 46.1 Å². The van der Waals surface area contributed by atoms with Crippen molar-refractivity contribution in [1.29, 1.82) is 0 Å². The zero-order valence-electron chi connectivity index (χ0n) is 20.0. The zero-order valence-corrected chi connectivity index (χ0v) is 20.8. The van der Waals surface area contributed by atoms with Gasteiger partial charge >= 0.3 is 0 Å². The van der Waals surface area contributed by atoms with Crippen LogP contribution in [0.25, 0.3) is 11.1 Å². The van der Waals surface area contributed by atoms with Crippen molar-refractivity contribution in [2.75, 3.05) is 24.7 Å². The van der Waals surface area contributed by atoms with Crippen LogP contribution in [0.2, 0.25) is 0 Å². The van der Waals surface area contributed by atoms with Gasteiger partial charge in [-0.15, -0.1) is 0 Å². The highest BCUT2D eigenvalue weighted by molar-refractivity contribution is 7.17. The van der Waals surface area contributed by atoms with Crippen LogP contribution in [-0.4, -0.2) is 42.4 Å². The molecule has 0 spiro atoms. The quantitative estimate of drug-likeness (QED) is 0.450. The van der Waals surface area contributed by atoms with E-state index in [1.54, 1.807) is 18.3 Å². The normalized spacial score (nSPS) is 19.7. The van der Waals surface area contributed by atoms with Crippen molar-refractivity contribution in [2.24, 2.45) is 5.41 Å². The lowest BCUT2D eigenvalue weighted by Gasteiger charge is -2.35. The minimum Gasteiger partial charge on any atom is -0.377 e. The maximum Gasteiger partial charge on any atom is 0.186 e. The molecular formula is C28H30N2O3S. The Hall–Kier alpha value is -2.83. The molecule has 3 aromatic rings. The van der Waals surface area contributed by atoms with Gasteiger partial charge in [-0.2, -0.15) is 0 Å². The first-order valence-electron chi connectivity index (χ1n) is 11.9. The van der Waals surface area contributed by atoms with Crippen LogP contribution in [0, 0.1) is 5.41 Å². The largest absolute Gasteiger partial charge is 0.377 e. The van der Waals surface area contributed by atoms with Crippen LogP contribution >= 0.6 is 11.3 Å². The van der Waals surface area contributed by atoms with Crippen LogP contribution in [0.15, 0.2) is 48.5 Å². The van der Waals surface area contributed by atoms with E-state index in [2.05, 4.69) is 43.0 Å². The van der Waals surface area contributed by atoms with E-state index in [0.717, 1.165) is 51.8 Å². The minimum atomic E-state index is -0.0249. The summed E-state index contributed by atoms with van der Waals surface area (Å²) in [5.41, 5.74) is 5.12.